The first-order valence-electron chi connectivity index (χ1n) is 18.6. The summed E-state index contributed by atoms with van der Waals surface area (Å²) >= 11 is 6.47. The Kier molecular flexibility index (Phi) is 10.9. The normalized spacial score (nSPS) is 31.5. The van der Waals surface area contributed by atoms with E-state index in [4.69, 9.17) is 30.5 Å². The number of carbonyl (C=O) groups excluding carboxylic acids is 2. The molecular formula is C40H50ClN5O7S. The number of benzene rings is 2. The number of aromatic nitrogens is 2. The van der Waals surface area contributed by atoms with Crippen LogP contribution in [0.1, 0.15) is 71.4 Å². The summed E-state index contributed by atoms with van der Waals surface area (Å²) in [6.45, 7) is 5.48. The van der Waals surface area contributed by atoms with E-state index in [0.717, 1.165) is 49.4 Å². The largest absolute Gasteiger partial charge is 0.490 e. The number of anilines is 1. The minimum atomic E-state index is -3.80. The molecule has 290 valence electrons. The fourth-order valence-electron chi connectivity index (χ4n) is 8.76. The smallest absolute Gasteiger partial charge is 0.286 e. The Morgan fingerprint density at radius 3 is 2.57 bits per heavy atom. The second-order valence-corrected chi connectivity index (χ2v) is 18.0. The molecule has 0 saturated heterocycles. The van der Waals surface area contributed by atoms with E-state index in [1.807, 2.05) is 31.2 Å². The van der Waals surface area contributed by atoms with Gasteiger partial charge in [0.1, 0.15) is 21.2 Å². The molecular weight excluding hydrogens is 730 g/mol. The van der Waals surface area contributed by atoms with Gasteiger partial charge in [-0.25, -0.2) is 4.21 Å². The molecule has 12 nitrogen and oxygen atoms in total. The van der Waals surface area contributed by atoms with Gasteiger partial charge in [-0.15, -0.1) is 9.46 Å². The predicted molar refractivity (Wildman–Crippen MR) is 208 cm³/mol. The molecule has 3 heterocycles. The lowest BCUT2D eigenvalue weighted by molar-refractivity contribution is 0.0119. The maximum Gasteiger partial charge on any atom is 0.286 e. The van der Waals surface area contributed by atoms with Crippen LogP contribution in [-0.2, 0) is 38.3 Å². The zero-order valence-corrected chi connectivity index (χ0v) is 33.3. The molecule has 1 spiro atoms. The number of ether oxygens (including phenoxy) is 4. The van der Waals surface area contributed by atoms with Crippen molar-refractivity contribution >= 4 is 39.0 Å². The molecule has 4 aliphatic rings. The standard InChI is InChI=1S/C40H50ClN5O7S/c1-24-25(2)54(49,44-38(48)31-21-45(3)42-39(31)52-6)43-37(47)27-10-14-36-33(19-27)46(20-28-9-12-30(28)35(51-5)16-15-34(24)50-4)22-40(23-53-36)17-7-8-26-18-29(41)11-13-32(26)40/h10-11,13-16,18-19,21,24-25,28,30,34-35H,7-9,12,17,20,22-23H2,1-6H3,(H,43,44,47,48,49)/b16-15+/t24-,25-,28+,30-,34-,35+,40+,54?/m1/s1. The van der Waals surface area contributed by atoms with Crippen LogP contribution >= 0.6 is 11.6 Å². The molecule has 3 aromatic rings. The second-order valence-electron chi connectivity index (χ2n) is 15.3. The van der Waals surface area contributed by atoms with Crippen molar-refractivity contribution < 1.29 is 32.7 Å². The highest BCUT2D eigenvalue weighted by atomic mass is 35.5. The zero-order chi connectivity index (χ0) is 38.4. The van der Waals surface area contributed by atoms with Crippen LogP contribution in [0.5, 0.6) is 11.6 Å². The average molecular weight is 780 g/mol. The number of aryl methyl sites for hydroxylation is 2. The lowest BCUT2D eigenvalue weighted by atomic mass is 9.68. The van der Waals surface area contributed by atoms with E-state index in [0.29, 0.717) is 24.8 Å². The van der Waals surface area contributed by atoms with Gasteiger partial charge in [0.2, 0.25) is 5.88 Å². The first kappa shape index (κ1) is 38.4. The highest BCUT2D eigenvalue weighted by molar-refractivity contribution is 7.93. The number of nitrogens with zero attached hydrogens (tertiary/aromatic N) is 4. The van der Waals surface area contributed by atoms with Crippen LogP contribution in [0.15, 0.2) is 59.1 Å². The Morgan fingerprint density at radius 1 is 1.07 bits per heavy atom. The maximum absolute atomic E-state index is 15.1. The van der Waals surface area contributed by atoms with E-state index in [1.165, 1.54) is 29.1 Å². The molecule has 1 aromatic heterocycles. The number of amides is 2. The second kappa shape index (κ2) is 15.3. The highest BCUT2D eigenvalue weighted by Gasteiger charge is 2.45. The Labute approximate surface area is 322 Å². The van der Waals surface area contributed by atoms with Gasteiger partial charge in [0.25, 0.3) is 11.8 Å². The van der Waals surface area contributed by atoms with Crippen molar-refractivity contribution in [3.8, 4) is 11.6 Å². The summed E-state index contributed by atoms with van der Waals surface area (Å²) < 4.78 is 47.6. The molecule has 0 radical (unpaired) electrons. The Hall–Kier alpha value is -3.91. The summed E-state index contributed by atoms with van der Waals surface area (Å²) in [5.41, 5.74) is 3.29. The minimum Gasteiger partial charge on any atom is -0.490 e. The Morgan fingerprint density at radius 2 is 1.85 bits per heavy atom. The maximum atomic E-state index is 15.1. The van der Waals surface area contributed by atoms with Crippen molar-refractivity contribution in [1.82, 2.24) is 14.5 Å². The number of rotatable bonds is 5. The van der Waals surface area contributed by atoms with E-state index >= 15 is 4.21 Å². The van der Waals surface area contributed by atoms with Gasteiger partial charge in [-0.2, -0.15) is 0 Å². The van der Waals surface area contributed by atoms with Crippen molar-refractivity contribution in [1.29, 1.82) is 0 Å². The minimum absolute atomic E-state index is 0.0585. The van der Waals surface area contributed by atoms with Crippen LogP contribution in [0.25, 0.3) is 0 Å². The molecule has 1 fully saturated rings. The molecule has 2 aromatic carbocycles. The molecule has 2 bridgehead atoms. The number of halogens is 1. The van der Waals surface area contributed by atoms with Crippen LogP contribution in [0.4, 0.5) is 5.69 Å². The lowest BCUT2D eigenvalue weighted by Gasteiger charge is -2.46. The van der Waals surface area contributed by atoms with Crippen LogP contribution in [0, 0.1) is 17.8 Å². The van der Waals surface area contributed by atoms with Crippen molar-refractivity contribution in [2.45, 2.75) is 68.8 Å². The summed E-state index contributed by atoms with van der Waals surface area (Å²) in [6, 6.07) is 11.5. The van der Waals surface area contributed by atoms with Crippen molar-refractivity contribution in [3.63, 3.8) is 0 Å². The SMILES string of the molecule is COc1nn(C)cc1C(=O)NS1(=O)=NC(=O)c2ccc3c(c2)N(C[C@@H]2CC[C@H]2[C@@H](OC)/C=C/[C@@H](OC)[C@H](C)[C@H]1C)C[C@@]1(CCCc2cc(Cl)ccc21)CO3. The van der Waals surface area contributed by atoms with Gasteiger partial charge < -0.3 is 23.8 Å². The third-order valence-corrected chi connectivity index (χ3v) is 14.7. The average Bonchev–Trinajstić information content (AvgIpc) is 3.47. The zero-order valence-electron chi connectivity index (χ0n) is 31.7. The van der Waals surface area contributed by atoms with E-state index in [1.54, 1.807) is 40.3 Å². The monoisotopic (exact) mass is 779 g/mol. The van der Waals surface area contributed by atoms with Gasteiger partial charge in [0, 0.05) is 62.5 Å². The summed E-state index contributed by atoms with van der Waals surface area (Å²) in [5.74, 6) is -0.582. The van der Waals surface area contributed by atoms with Crippen LogP contribution < -0.4 is 19.1 Å². The van der Waals surface area contributed by atoms with Gasteiger partial charge in [-0.3, -0.25) is 19.0 Å². The van der Waals surface area contributed by atoms with Gasteiger partial charge in [0.05, 0.1) is 36.9 Å². The van der Waals surface area contributed by atoms with Gasteiger partial charge in [-0.05, 0) is 92.3 Å². The van der Waals surface area contributed by atoms with Crippen LogP contribution in [-0.4, -0.2) is 84.3 Å². The molecule has 2 amide bonds. The van der Waals surface area contributed by atoms with E-state index in [9.17, 15) is 9.59 Å². The first-order chi connectivity index (χ1) is 25.9. The fraction of sp³-hybridized carbons (Fsp3) is 0.525. The van der Waals surface area contributed by atoms with Crippen molar-refractivity contribution in [2.24, 2.45) is 29.2 Å². The summed E-state index contributed by atoms with van der Waals surface area (Å²) in [6.07, 6.45) is 9.73. The fourth-order valence-corrected chi connectivity index (χ4v) is 10.8. The van der Waals surface area contributed by atoms with E-state index in [-0.39, 0.29) is 34.4 Å². The third kappa shape index (κ3) is 7.15. The molecule has 7 rings (SSSR count). The molecule has 2 aliphatic carbocycles. The predicted octanol–water partition coefficient (Wildman–Crippen LogP) is 6.16. The molecule has 2 aliphatic heterocycles. The highest BCUT2D eigenvalue weighted by Crippen LogP contribution is 2.47. The molecule has 1 N–H and O–H groups in total. The van der Waals surface area contributed by atoms with Gasteiger partial charge >= 0.3 is 0 Å². The summed E-state index contributed by atoms with van der Waals surface area (Å²) in [7, 11) is 2.57. The Bertz CT molecular complexity index is 2080. The lowest BCUT2D eigenvalue weighted by Crippen LogP contribution is -2.49. The van der Waals surface area contributed by atoms with Gasteiger partial charge in [-0.1, -0.05) is 36.7 Å². The van der Waals surface area contributed by atoms with E-state index in [2.05, 4.69) is 31.2 Å². The molecule has 14 heteroatoms. The van der Waals surface area contributed by atoms with Gasteiger partial charge in [0.15, 0.2) is 0 Å². The topological polar surface area (TPSA) is 134 Å². The van der Waals surface area contributed by atoms with Crippen molar-refractivity contribution in [2.75, 3.05) is 45.9 Å². The number of methoxy groups -OCH3 is 3. The quantitative estimate of drug-likeness (QED) is 0.303. The first-order valence-corrected chi connectivity index (χ1v) is 20.6. The molecule has 54 heavy (non-hydrogen) atoms. The van der Waals surface area contributed by atoms with Crippen molar-refractivity contribution in [3.05, 3.63) is 82.0 Å². The van der Waals surface area contributed by atoms with Crippen LogP contribution in [0.2, 0.25) is 5.02 Å². The Balaban J connectivity index is 1.35. The number of nitrogens with one attached hydrogen (secondary N) is 1. The number of fused-ring (bicyclic) bond motifs is 4. The van der Waals surface area contributed by atoms with E-state index < -0.39 is 39.0 Å². The number of hydrogen-bond donors (Lipinski definition) is 1. The molecule has 1 unspecified atom stereocenters. The molecule has 1 saturated carbocycles. The number of hydrogen-bond acceptors (Lipinski definition) is 9. The molecule has 8 atom stereocenters. The summed E-state index contributed by atoms with van der Waals surface area (Å²) in [4.78, 5) is 30.4. The number of carbonyl (C=O) groups is 2. The third-order valence-electron chi connectivity index (χ3n) is 12.1. The summed E-state index contributed by atoms with van der Waals surface area (Å²) in [5, 5.41) is 4.06. The van der Waals surface area contributed by atoms with Crippen LogP contribution in [0.3, 0.4) is 0 Å².